The van der Waals surface area contributed by atoms with Gasteiger partial charge in [0.05, 0.1) is 38.5 Å². The topological polar surface area (TPSA) is 85.7 Å². The van der Waals surface area contributed by atoms with Gasteiger partial charge in [-0.1, -0.05) is 12.1 Å². The largest absolute Gasteiger partial charge is 0.497 e. The number of aromatic nitrogens is 2. The van der Waals surface area contributed by atoms with E-state index in [9.17, 15) is 4.79 Å². The molecule has 0 aliphatic carbocycles. The van der Waals surface area contributed by atoms with E-state index in [0.29, 0.717) is 11.4 Å². The third-order valence-corrected chi connectivity index (χ3v) is 3.76. The molecular formula is C20H18N4O3. The van der Waals surface area contributed by atoms with Crippen LogP contribution in [0.1, 0.15) is 16.1 Å². The molecule has 27 heavy (non-hydrogen) atoms. The molecule has 7 heteroatoms. The Balaban J connectivity index is 1.72. The van der Waals surface area contributed by atoms with Gasteiger partial charge in [0.25, 0.3) is 5.91 Å². The van der Waals surface area contributed by atoms with Crippen LogP contribution in [0.4, 0.5) is 0 Å². The van der Waals surface area contributed by atoms with Crippen molar-refractivity contribution in [2.45, 2.75) is 0 Å². The molecule has 0 atom stereocenters. The molecule has 0 bridgehead atoms. The number of hydrazone groups is 1. The summed E-state index contributed by atoms with van der Waals surface area (Å²) >= 11 is 0. The number of amides is 1. The highest BCUT2D eigenvalue weighted by Crippen LogP contribution is 2.20. The highest BCUT2D eigenvalue weighted by Gasteiger charge is 2.09. The van der Waals surface area contributed by atoms with E-state index >= 15 is 0 Å². The number of ether oxygens (including phenoxy) is 2. The van der Waals surface area contributed by atoms with Gasteiger partial charge in [0, 0.05) is 11.1 Å². The molecule has 0 unspecified atom stereocenters. The molecule has 1 heterocycles. The van der Waals surface area contributed by atoms with E-state index in [0.717, 1.165) is 16.9 Å². The fourth-order valence-corrected chi connectivity index (χ4v) is 2.37. The quantitative estimate of drug-likeness (QED) is 0.538. The number of methoxy groups -OCH3 is 2. The summed E-state index contributed by atoms with van der Waals surface area (Å²) in [6, 6.07) is 14.7. The zero-order valence-corrected chi connectivity index (χ0v) is 14.9. The minimum absolute atomic E-state index is 0.167. The number of nitrogens with zero attached hydrogens (tertiary/aromatic N) is 3. The molecule has 0 radical (unpaired) electrons. The highest BCUT2D eigenvalue weighted by atomic mass is 16.5. The molecule has 0 aliphatic rings. The summed E-state index contributed by atoms with van der Waals surface area (Å²) in [5, 5.41) is 3.96. The molecule has 0 fully saturated rings. The van der Waals surface area contributed by atoms with E-state index in [1.807, 2.05) is 48.5 Å². The van der Waals surface area contributed by atoms with E-state index in [1.54, 1.807) is 20.4 Å². The van der Waals surface area contributed by atoms with Crippen LogP contribution in [0, 0.1) is 0 Å². The van der Waals surface area contributed by atoms with Crippen molar-refractivity contribution in [3.8, 4) is 22.8 Å². The number of nitrogens with one attached hydrogen (secondary N) is 1. The average Bonchev–Trinajstić information content (AvgIpc) is 2.74. The third-order valence-electron chi connectivity index (χ3n) is 3.76. The molecule has 2 aromatic carbocycles. The zero-order chi connectivity index (χ0) is 19.1. The molecule has 1 amide bonds. The van der Waals surface area contributed by atoms with Crippen LogP contribution in [0.5, 0.6) is 11.5 Å². The lowest BCUT2D eigenvalue weighted by Gasteiger charge is -2.05. The molecule has 7 nitrogen and oxygen atoms in total. The first-order chi connectivity index (χ1) is 13.2. The molecule has 1 aromatic heterocycles. The molecule has 0 aliphatic heterocycles. The summed E-state index contributed by atoms with van der Waals surface area (Å²) in [4.78, 5) is 20.7. The Morgan fingerprint density at radius 3 is 2.56 bits per heavy atom. The maximum Gasteiger partial charge on any atom is 0.291 e. The zero-order valence-electron chi connectivity index (χ0n) is 14.9. The van der Waals surface area contributed by atoms with Crippen LogP contribution in [-0.2, 0) is 0 Å². The van der Waals surface area contributed by atoms with Crippen LogP contribution in [0.3, 0.4) is 0 Å². The average molecular weight is 362 g/mol. The van der Waals surface area contributed by atoms with E-state index in [4.69, 9.17) is 9.47 Å². The molecule has 3 rings (SSSR count). The van der Waals surface area contributed by atoms with Crippen molar-refractivity contribution in [1.82, 2.24) is 15.4 Å². The van der Waals surface area contributed by atoms with Crippen molar-refractivity contribution in [3.63, 3.8) is 0 Å². The Morgan fingerprint density at radius 1 is 1.04 bits per heavy atom. The molecule has 0 saturated carbocycles. The second-order valence-corrected chi connectivity index (χ2v) is 5.46. The van der Waals surface area contributed by atoms with Gasteiger partial charge in [-0.05, 0) is 36.4 Å². The molecule has 0 spiro atoms. The fraction of sp³-hybridized carbons (Fsp3) is 0.100. The Bertz CT molecular complexity index is 955. The van der Waals surface area contributed by atoms with Crippen LogP contribution < -0.4 is 14.9 Å². The SMILES string of the molecule is COc1ccc(-c2cncc(C(=O)N/N=C/c3ccccc3OC)n2)cc1. The lowest BCUT2D eigenvalue weighted by molar-refractivity contribution is 0.0950. The van der Waals surface area contributed by atoms with Crippen molar-refractivity contribution < 1.29 is 14.3 Å². The Morgan fingerprint density at radius 2 is 1.81 bits per heavy atom. The summed E-state index contributed by atoms with van der Waals surface area (Å²) in [6.07, 6.45) is 4.50. The number of para-hydroxylation sites is 1. The van der Waals surface area contributed by atoms with Crippen LogP contribution in [0.25, 0.3) is 11.3 Å². The highest BCUT2D eigenvalue weighted by molar-refractivity contribution is 5.93. The van der Waals surface area contributed by atoms with Crippen molar-refractivity contribution in [1.29, 1.82) is 0 Å². The maximum atomic E-state index is 12.3. The van der Waals surface area contributed by atoms with E-state index in [-0.39, 0.29) is 5.69 Å². The number of carbonyl (C=O) groups excluding carboxylic acids is 1. The van der Waals surface area contributed by atoms with Crippen molar-refractivity contribution in [2.75, 3.05) is 14.2 Å². The second kappa shape index (κ2) is 8.57. The van der Waals surface area contributed by atoms with E-state index in [1.165, 1.54) is 12.4 Å². The lowest BCUT2D eigenvalue weighted by Crippen LogP contribution is -2.19. The second-order valence-electron chi connectivity index (χ2n) is 5.46. The van der Waals surface area contributed by atoms with Crippen LogP contribution >= 0.6 is 0 Å². The normalized spacial score (nSPS) is 10.6. The molecule has 0 saturated heterocycles. The molecular weight excluding hydrogens is 344 g/mol. The van der Waals surface area contributed by atoms with Crippen molar-refractivity contribution in [2.24, 2.45) is 5.10 Å². The van der Waals surface area contributed by atoms with Crippen LogP contribution in [0.2, 0.25) is 0 Å². The first-order valence-electron chi connectivity index (χ1n) is 8.14. The van der Waals surface area contributed by atoms with Gasteiger partial charge >= 0.3 is 0 Å². The first-order valence-corrected chi connectivity index (χ1v) is 8.14. The van der Waals surface area contributed by atoms with Gasteiger partial charge in [-0.15, -0.1) is 0 Å². The predicted molar refractivity (Wildman–Crippen MR) is 102 cm³/mol. The molecule has 1 N–H and O–H groups in total. The summed E-state index contributed by atoms with van der Waals surface area (Å²) in [6.45, 7) is 0. The number of carbonyl (C=O) groups is 1. The van der Waals surface area contributed by atoms with Gasteiger partial charge in [-0.25, -0.2) is 10.4 Å². The fourth-order valence-electron chi connectivity index (χ4n) is 2.37. The predicted octanol–water partition coefficient (Wildman–Crippen LogP) is 2.92. The number of hydrogen-bond acceptors (Lipinski definition) is 6. The molecule has 3 aromatic rings. The number of hydrogen-bond donors (Lipinski definition) is 1. The van der Waals surface area contributed by atoms with Crippen molar-refractivity contribution >= 4 is 12.1 Å². The number of rotatable bonds is 6. The number of benzene rings is 2. The summed E-state index contributed by atoms with van der Waals surface area (Å²) in [5.41, 5.74) is 4.78. The third kappa shape index (κ3) is 4.46. The Kier molecular flexibility index (Phi) is 5.73. The van der Waals surface area contributed by atoms with Crippen LogP contribution in [-0.4, -0.2) is 36.3 Å². The Labute approximate surface area is 156 Å². The van der Waals surface area contributed by atoms with E-state index < -0.39 is 5.91 Å². The van der Waals surface area contributed by atoms with Crippen LogP contribution in [0.15, 0.2) is 66.0 Å². The Hall–Kier alpha value is -3.74. The minimum atomic E-state index is -0.455. The minimum Gasteiger partial charge on any atom is -0.497 e. The first kappa shape index (κ1) is 18.1. The van der Waals surface area contributed by atoms with Gasteiger partial charge in [0.1, 0.15) is 17.2 Å². The summed E-state index contributed by atoms with van der Waals surface area (Å²) in [5.74, 6) is 0.951. The van der Waals surface area contributed by atoms with Gasteiger partial charge < -0.3 is 9.47 Å². The summed E-state index contributed by atoms with van der Waals surface area (Å²) < 4.78 is 10.4. The van der Waals surface area contributed by atoms with Crippen molar-refractivity contribution in [3.05, 3.63) is 72.2 Å². The maximum absolute atomic E-state index is 12.3. The monoisotopic (exact) mass is 362 g/mol. The van der Waals surface area contributed by atoms with Gasteiger partial charge in [-0.2, -0.15) is 5.10 Å². The molecule has 136 valence electrons. The van der Waals surface area contributed by atoms with Gasteiger partial charge in [-0.3, -0.25) is 9.78 Å². The van der Waals surface area contributed by atoms with E-state index in [2.05, 4.69) is 20.5 Å². The standard InChI is InChI=1S/C20H18N4O3/c1-26-16-9-7-14(8-10-16)17-12-21-13-18(23-17)20(25)24-22-11-15-5-3-4-6-19(15)27-2/h3-13H,1-2H3,(H,24,25)/b22-11+. The smallest absolute Gasteiger partial charge is 0.291 e. The summed E-state index contributed by atoms with van der Waals surface area (Å²) in [7, 11) is 3.18. The lowest BCUT2D eigenvalue weighted by atomic mass is 10.1. The van der Waals surface area contributed by atoms with Gasteiger partial charge in [0.2, 0.25) is 0 Å². The van der Waals surface area contributed by atoms with Gasteiger partial charge in [0.15, 0.2) is 0 Å².